The molecule has 0 radical (unpaired) electrons. The summed E-state index contributed by atoms with van der Waals surface area (Å²) in [6.45, 7) is 5.02. The highest BCUT2D eigenvalue weighted by Crippen LogP contribution is 2.30. The maximum atomic E-state index is 13.3. The number of hydrogen-bond acceptors (Lipinski definition) is 5. The molecule has 35 heavy (non-hydrogen) atoms. The molecule has 1 aliphatic rings. The van der Waals surface area contributed by atoms with Crippen LogP contribution in [0.25, 0.3) is 21.3 Å². The molecule has 0 aliphatic carbocycles. The molecule has 1 saturated heterocycles. The molecule has 1 fully saturated rings. The number of rotatable bonds is 8. The van der Waals surface area contributed by atoms with E-state index >= 15 is 0 Å². The van der Waals surface area contributed by atoms with Crippen LogP contribution in [0, 0.1) is 6.92 Å². The Kier molecular flexibility index (Phi) is 7.06. The average Bonchev–Trinajstić information content (AvgIpc) is 3.56. The summed E-state index contributed by atoms with van der Waals surface area (Å²) in [5.74, 6) is -0.0544. The molecule has 5 rings (SSSR count). The first-order valence-corrected chi connectivity index (χ1v) is 13.1. The van der Waals surface area contributed by atoms with Crippen LogP contribution in [-0.4, -0.2) is 40.0 Å². The molecule has 1 N–H and O–H groups in total. The van der Waals surface area contributed by atoms with Crippen molar-refractivity contribution in [3.63, 3.8) is 0 Å². The van der Waals surface area contributed by atoms with Crippen LogP contribution < -0.4 is 10.9 Å². The van der Waals surface area contributed by atoms with Crippen molar-refractivity contribution >= 4 is 27.5 Å². The minimum atomic E-state index is -0.0983. The molecule has 1 atom stereocenters. The third kappa shape index (κ3) is 5.21. The number of likely N-dealkylation sites (tertiary alicyclic amines) is 1. The quantitative estimate of drug-likeness (QED) is 0.389. The van der Waals surface area contributed by atoms with E-state index in [9.17, 15) is 9.59 Å². The number of aryl methyl sites for hydroxylation is 2. The summed E-state index contributed by atoms with van der Waals surface area (Å²) in [6, 6.07) is 18.7. The van der Waals surface area contributed by atoms with Crippen LogP contribution in [0.2, 0.25) is 0 Å². The van der Waals surface area contributed by atoms with Gasteiger partial charge in [-0.15, -0.1) is 11.3 Å². The minimum Gasteiger partial charge on any atom is -0.354 e. The van der Waals surface area contributed by atoms with Crippen molar-refractivity contribution in [1.29, 1.82) is 0 Å². The summed E-state index contributed by atoms with van der Waals surface area (Å²) in [4.78, 5) is 33.7. The van der Waals surface area contributed by atoms with Crippen LogP contribution in [0.4, 0.5) is 0 Å². The lowest BCUT2D eigenvalue weighted by atomic mass is 10.1. The van der Waals surface area contributed by atoms with Crippen molar-refractivity contribution in [3.8, 4) is 11.1 Å². The Balaban J connectivity index is 1.27. The van der Waals surface area contributed by atoms with Gasteiger partial charge in [-0.3, -0.25) is 19.1 Å². The highest BCUT2D eigenvalue weighted by Gasteiger charge is 2.23. The molecular weight excluding hydrogens is 456 g/mol. The van der Waals surface area contributed by atoms with Crippen molar-refractivity contribution in [2.24, 2.45) is 0 Å². The van der Waals surface area contributed by atoms with Crippen LogP contribution in [0.15, 0.2) is 71.1 Å². The maximum absolute atomic E-state index is 13.3. The third-order valence-electron chi connectivity index (χ3n) is 6.76. The molecule has 7 heteroatoms. The van der Waals surface area contributed by atoms with Gasteiger partial charge in [-0.05, 0) is 44.0 Å². The SMILES string of the molecule is Cc1ccc(-c2csc3ncn(CCC(=O)NC[C@H](c4ccccc4)N4CCCC4)c(=O)c23)cc1. The predicted octanol–water partition coefficient (Wildman–Crippen LogP) is 4.78. The van der Waals surface area contributed by atoms with Gasteiger partial charge in [0.25, 0.3) is 5.56 Å². The van der Waals surface area contributed by atoms with Gasteiger partial charge in [-0.2, -0.15) is 0 Å². The molecule has 1 amide bonds. The lowest BCUT2D eigenvalue weighted by Gasteiger charge is -2.28. The first-order valence-electron chi connectivity index (χ1n) is 12.2. The Morgan fingerprint density at radius 3 is 2.57 bits per heavy atom. The number of benzene rings is 2. The van der Waals surface area contributed by atoms with E-state index < -0.39 is 0 Å². The summed E-state index contributed by atoms with van der Waals surface area (Å²) in [6.07, 6.45) is 4.19. The Morgan fingerprint density at radius 1 is 1.09 bits per heavy atom. The number of fused-ring (bicyclic) bond motifs is 1. The molecule has 0 spiro atoms. The molecule has 4 aromatic rings. The monoisotopic (exact) mass is 486 g/mol. The van der Waals surface area contributed by atoms with E-state index in [1.807, 2.05) is 54.8 Å². The van der Waals surface area contributed by atoms with E-state index in [4.69, 9.17) is 0 Å². The largest absolute Gasteiger partial charge is 0.354 e. The zero-order chi connectivity index (χ0) is 24.2. The predicted molar refractivity (Wildman–Crippen MR) is 142 cm³/mol. The second kappa shape index (κ2) is 10.5. The van der Waals surface area contributed by atoms with Crippen molar-refractivity contribution < 1.29 is 4.79 Å². The number of amides is 1. The van der Waals surface area contributed by atoms with E-state index in [0.29, 0.717) is 18.5 Å². The fraction of sp³-hybridized carbons (Fsp3) is 0.321. The number of nitrogens with zero attached hydrogens (tertiary/aromatic N) is 3. The van der Waals surface area contributed by atoms with E-state index in [1.54, 1.807) is 10.9 Å². The van der Waals surface area contributed by atoms with E-state index in [0.717, 1.165) is 29.0 Å². The summed E-state index contributed by atoms with van der Waals surface area (Å²) >= 11 is 1.47. The number of nitrogens with one attached hydrogen (secondary N) is 1. The summed E-state index contributed by atoms with van der Waals surface area (Å²) in [7, 11) is 0. The smallest absolute Gasteiger partial charge is 0.262 e. The van der Waals surface area contributed by atoms with Gasteiger partial charge in [0.05, 0.1) is 17.8 Å². The van der Waals surface area contributed by atoms with E-state index in [-0.39, 0.29) is 23.9 Å². The van der Waals surface area contributed by atoms with Crippen molar-refractivity contribution in [3.05, 3.63) is 87.8 Å². The number of carbonyl (C=O) groups excluding carboxylic acids is 1. The topological polar surface area (TPSA) is 67.2 Å². The fourth-order valence-electron chi connectivity index (χ4n) is 4.78. The minimum absolute atomic E-state index is 0.0544. The zero-order valence-corrected chi connectivity index (χ0v) is 20.8. The molecule has 2 aromatic carbocycles. The average molecular weight is 487 g/mol. The highest BCUT2D eigenvalue weighted by molar-refractivity contribution is 7.17. The number of carbonyl (C=O) groups is 1. The molecule has 2 aromatic heterocycles. The molecule has 3 heterocycles. The third-order valence-corrected chi connectivity index (χ3v) is 7.65. The standard InChI is InChI=1S/C28H30N4O2S/c1-20-9-11-21(12-10-20)23-18-35-27-26(23)28(34)32(19-30-27)16-13-25(33)29-17-24(31-14-5-6-15-31)22-7-3-2-4-8-22/h2-4,7-12,18-19,24H,5-6,13-17H2,1H3,(H,29,33)/t24-/m1/s1. The van der Waals surface area contributed by atoms with Crippen LogP contribution in [0.5, 0.6) is 0 Å². The lowest BCUT2D eigenvalue weighted by molar-refractivity contribution is -0.121. The Morgan fingerprint density at radius 2 is 1.83 bits per heavy atom. The Hall–Kier alpha value is -3.29. The molecular formula is C28H30N4O2S. The van der Waals surface area contributed by atoms with E-state index in [1.165, 1.54) is 35.3 Å². The van der Waals surface area contributed by atoms with Gasteiger partial charge in [0, 0.05) is 30.5 Å². The van der Waals surface area contributed by atoms with Crippen LogP contribution in [0.3, 0.4) is 0 Å². The number of aromatic nitrogens is 2. The molecule has 0 saturated carbocycles. The molecule has 1 aliphatic heterocycles. The number of thiophene rings is 1. The molecule has 0 unspecified atom stereocenters. The zero-order valence-electron chi connectivity index (χ0n) is 19.9. The van der Waals surface area contributed by atoms with Crippen molar-refractivity contribution in [2.45, 2.75) is 38.8 Å². The van der Waals surface area contributed by atoms with Gasteiger partial charge in [0.2, 0.25) is 5.91 Å². The Labute approximate surface area is 209 Å². The van der Waals surface area contributed by atoms with Gasteiger partial charge in [-0.25, -0.2) is 4.98 Å². The Bertz CT molecular complexity index is 1360. The van der Waals surface area contributed by atoms with Crippen LogP contribution in [-0.2, 0) is 11.3 Å². The van der Waals surface area contributed by atoms with Gasteiger partial charge < -0.3 is 5.32 Å². The normalized spacial score (nSPS) is 14.9. The maximum Gasteiger partial charge on any atom is 0.262 e. The summed E-state index contributed by atoms with van der Waals surface area (Å²) in [5.41, 5.74) is 4.21. The summed E-state index contributed by atoms with van der Waals surface area (Å²) < 4.78 is 1.56. The first kappa shape index (κ1) is 23.5. The van der Waals surface area contributed by atoms with Crippen molar-refractivity contribution in [1.82, 2.24) is 19.8 Å². The number of hydrogen-bond donors (Lipinski definition) is 1. The van der Waals surface area contributed by atoms with Crippen LogP contribution >= 0.6 is 11.3 Å². The molecule has 0 bridgehead atoms. The van der Waals surface area contributed by atoms with Crippen molar-refractivity contribution in [2.75, 3.05) is 19.6 Å². The van der Waals surface area contributed by atoms with Gasteiger partial charge >= 0.3 is 0 Å². The van der Waals surface area contributed by atoms with Gasteiger partial charge in [0.1, 0.15) is 4.83 Å². The summed E-state index contributed by atoms with van der Waals surface area (Å²) in [5, 5.41) is 5.72. The first-order chi connectivity index (χ1) is 17.1. The van der Waals surface area contributed by atoms with Gasteiger partial charge in [-0.1, -0.05) is 60.2 Å². The highest BCUT2D eigenvalue weighted by atomic mass is 32.1. The fourth-order valence-corrected chi connectivity index (χ4v) is 5.69. The van der Waals surface area contributed by atoms with E-state index in [2.05, 4.69) is 27.3 Å². The lowest BCUT2D eigenvalue weighted by Crippen LogP contribution is -2.37. The molecule has 6 nitrogen and oxygen atoms in total. The van der Waals surface area contributed by atoms with Crippen LogP contribution in [0.1, 0.15) is 36.4 Å². The molecule has 180 valence electrons. The second-order valence-electron chi connectivity index (χ2n) is 9.16. The van der Waals surface area contributed by atoms with Gasteiger partial charge in [0.15, 0.2) is 0 Å². The second-order valence-corrected chi connectivity index (χ2v) is 10.0.